The third-order valence-electron chi connectivity index (χ3n) is 6.55. The van der Waals surface area contributed by atoms with Gasteiger partial charge >= 0.3 is 13.7 Å². The number of thioether (sulfide) groups is 1. The van der Waals surface area contributed by atoms with Crippen molar-refractivity contribution < 1.29 is 27.9 Å². The zero-order valence-corrected chi connectivity index (χ0v) is 24.8. The molecule has 11 nitrogen and oxygen atoms in total. The largest absolute Gasteiger partial charge is 0.464 e. The Balaban J connectivity index is 1.66. The summed E-state index contributed by atoms with van der Waals surface area (Å²) in [6.07, 6.45) is 5.30. The Morgan fingerprint density at radius 3 is 2.73 bits per heavy atom. The van der Waals surface area contributed by atoms with Crippen LogP contribution < -0.4 is 15.3 Å². The molecule has 218 valence electrons. The van der Waals surface area contributed by atoms with Crippen LogP contribution in [0.2, 0.25) is 0 Å². The Hall–Kier alpha value is -2.92. The van der Waals surface area contributed by atoms with Gasteiger partial charge in [-0.3, -0.25) is 14.1 Å². The molecule has 2 aromatic carbocycles. The van der Waals surface area contributed by atoms with E-state index in [1.165, 1.54) is 6.34 Å². The zero-order valence-electron chi connectivity index (χ0n) is 23.1. The number of fused-ring (bicyclic) bond motifs is 1. The van der Waals surface area contributed by atoms with E-state index >= 15 is 0 Å². The first-order chi connectivity index (χ1) is 19.3. The number of ether oxygens (including phenoxy) is 1. The summed E-state index contributed by atoms with van der Waals surface area (Å²) in [5.74, 6) is 0.0246. The van der Waals surface area contributed by atoms with Crippen molar-refractivity contribution in [3.8, 4) is 5.75 Å². The van der Waals surface area contributed by atoms with Crippen LogP contribution in [-0.4, -0.2) is 67.0 Å². The van der Waals surface area contributed by atoms with Crippen molar-refractivity contribution >= 4 is 55.0 Å². The maximum Gasteiger partial charge on any atom is 0.459 e. The van der Waals surface area contributed by atoms with Crippen molar-refractivity contribution in [1.29, 1.82) is 0 Å². The molecule has 0 aromatic heterocycles. The van der Waals surface area contributed by atoms with Crippen molar-refractivity contribution in [2.45, 2.75) is 50.2 Å². The van der Waals surface area contributed by atoms with E-state index in [2.05, 4.69) is 15.1 Å². The quantitative estimate of drug-likeness (QED) is 0.0994. The number of rotatable bonds is 15. The lowest BCUT2D eigenvalue weighted by molar-refractivity contribution is -0.143. The van der Waals surface area contributed by atoms with Crippen molar-refractivity contribution in [2.75, 3.05) is 26.8 Å². The van der Waals surface area contributed by atoms with Crippen LogP contribution in [0.1, 0.15) is 39.5 Å². The topological polar surface area (TPSA) is 145 Å². The lowest BCUT2D eigenvalue weighted by Gasteiger charge is -2.23. The normalized spacial score (nSPS) is 19.1. The highest BCUT2D eigenvalue weighted by molar-refractivity contribution is 8.00. The maximum atomic E-state index is 13.9. The van der Waals surface area contributed by atoms with Crippen molar-refractivity contribution in [2.24, 2.45) is 21.6 Å². The standard InChI is InChI=1S/C27H38N5O6PS/c1-4-20(5-2)16-36-26(34)15-31-39(35,38-24-12-8-10-21-9-6-7-11-23(21)24)37-17-22-13-14-25(40-22)32(3)18-29-27(28)30-19-33/h6-12,18-20,22,25H,4-5,13-17H2,1-3H3,(H,31,35)(H2,28,30,33)/b29-18-/t22-,25+,39?/m0/s1. The predicted molar refractivity (Wildman–Crippen MR) is 160 cm³/mol. The average Bonchev–Trinajstić information content (AvgIpc) is 3.44. The summed E-state index contributed by atoms with van der Waals surface area (Å²) in [4.78, 5) is 32.1. The van der Waals surface area contributed by atoms with E-state index < -0.39 is 13.7 Å². The number of nitrogens with two attached hydrogens (primary N) is 1. The lowest BCUT2D eigenvalue weighted by Crippen LogP contribution is -2.28. The Morgan fingerprint density at radius 1 is 1.23 bits per heavy atom. The first-order valence-corrected chi connectivity index (χ1v) is 15.8. The van der Waals surface area contributed by atoms with E-state index in [4.69, 9.17) is 19.5 Å². The van der Waals surface area contributed by atoms with Crippen LogP contribution in [0, 0.1) is 5.92 Å². The first-order valence-electron chi connectivity index (χ1n) is 13.3. The van der Waals surface area contributed by atoms with E-state index in [0.717, 1.165) is 36.5 Å². The third kappa shape index (κ3) is 9.62. The molecule has 13 heteroatoms. The second-order valence-electron chi connectivity index (χ2n) is 9.36. The van der Waals surface area contributed by atoms with E-state index in [1.807, 2.05) is 62.2 Å². The molecule has 0 bridgehead atoms. The molecule has 1 fully saturated rings. The fourth-order valence-corrected chi connectivity index (χ4v) is 6.87. The molecular weight excluding hydrogens is 553 g/mol. The number of benzene rings is 2. The first kappa shape index (κ1) is 31.6. The molecule has 0 radical (unpaired) electrons. The highest BCUT2D eigenvalue weighted by atomic mass is 32.2. The highest BCUT2D eigenvalue weighted by Crippen LogP contribution is 2.47. The summed E-state index contributed by atoms with van der Waals surface area (Å²) in [6, 6.07) is 13.1. The number of esters is 1. The van der Waals surface area contributed by atoms with Gasteiger partial charge in [-0.1, -0.05) is 63.1 Å². The molecule has 40 heavy (non-hydrogen) atoms. The molecular formula is C27H38N5O6PS. The summed E-state index contributed by atoms with van der Waals surface area (Å²) in [5.41, 5.74) is 5.53. The average molecular weight is 592 g/mol. The van der Waals surface area contributed by atoms with Crippen LogP contribution in [0.5, 0.6) is 5.75 Å². The van der Waals surface area contributed by atoms with Gasteiger partial charge in [0.25, 0.3) is 0 Å². The summed E-state index contributed by atoms with van der Waals surface area (Å²) in [6.45, 7) is 4.23. The number of nitrogens with one attached hydrogen (secondary N) is 1. The Kier molecular flexibility index (Phi) is 12.5. The van der Waals surface area contributed by atoms with Crippen LogP contribution in [0.4, 0.5) is 0 Å². The van der Waals surface area contributed by atoms with Crippen LogP contribution in [-0.2, 0) is 23.4 Å². The number of hydrogen-bond donors (Lipinski definition) is 2. The van der Waals surface area contributed by atoms with Crippen molar-refractivity contribution in [3.63, 3.8) is 0 Å². The second-order valence-corrected chi connectivity index (χ2v) is 12.6. The minimum atomic E-state index is -3.96. The molecule has 3 N–H and O–H groups in total. The Bertz CT molecular complexity index is 1240. The number of carbonyl (C=O) groups is 2. The summed E-state index contributed by atoms with van der Waals surface area (Å²) in [5, 5.41) is 4.51. The predicted octanol–water partition coefficient (Wildman–Crippen LogP) is 4.57. The molecule has 3 rings (SSSR count). The fourth-order valence-electron chi connectivity index (χ4n) is 4.06. The molecule has 1 aliphatic rings. The summed E-state index contributed by atoms with van der Waals surface area (Å²) >= 11 is 1.64. The van der Waals surface area contributed by atoms with Gasteiger partial charge in [0.2, 0.25) is 12.4 Å². The molecule has 1 heterocycles. The lowest BCUT2D eigenvalue weighted by atomic mass is 10.1. The van der Waals surface area contributed by atoms with E-state index in [9.17, 15) is 14.2 Å². The maximum absolute atomic E-state index is 13.9. The number of nitrogens with zero attached hydrogens (tertiary/aromatic N) is 3. The second kappa shape index (κ2) is 15.8. The van der Waals surface area contributed by atoms with Crippen molar-refractivity contribution in [3.05, 3.63) is 42.5 Å². The van der Waals surface area contributed by atoms with E-state index in [0.29, 0.717) is 18.8 Å². The van der Waals surface area contributed by atoms with Gasteiger partial charge in [-0.25, -0.2) is 14.6 Å². The van der Waals surface area contributed by atoms with Gasteiger partial charge in [-0.2, -0.15) is 4.99 Å². The highest BCUT2D eigenvalue weighted by Gasteiger charge is 2.33. The zero-order chi connectivity index (χ0) is 29.0. The molecule has 0 spiro atoms. The van der Waals surface area contributed by atoms with Gasteiger partial charge in [0.15, 0.2) is 0 Å². The summed E-state index contributed by atoms with van der Waals surface area (Å²) < 4.78 is 31.2. The SMILES string of the molecule is CCC(CC)COC(=O)CNP(=O)(OC[C@@H]1CC[C@H](N(C)/C=N\C(N)=N/C=O)S1)Oc1cccc2ccccc12. The van der Waals surface area contributed by atoms with Gasteiger partial charge in [-0.05, 0) is 30.2 Å². The Labute approximate surface area is 239 Å². The Morgan fingerprint density at radius 2 is 1.98 bits per heavy atom. The minimum absolute atomic E-state index is 0.0231. The molecule has 2 aromatic rings. The van der Waals surface area contributed by atoms with Crippen LogP contribution in [0.25, 0.3) is 10.8 Å². The fraction of sp³-hybridized carbons (Fsp3) is 0.481. The molecule has 1 unspecified atom stereocenters. The van der Waals surface area contributed by atoms with Gasteiger partial charge < -0.3 is 19.9 Å². The molecule has 3 atom stereocenters. The number of carbonyl (C=O) groups excluding carboxylic acids is 2. The number of hydrogen-bond acceptors (Lipinski definition) is 7. The van der Waals surface area contributed by atoms with Crippen LogP contribution in [0.3, 0.4) is 0 Å². The molecule has 1 amide bonds. The molecule has 0 saturated carbocycles. The van der Waals surface area contributed by atoms with Gasteiger partial charge in [0.1, 0.15) is 12.3 Å². The van der Waals surface area contributed by atoms with Crippen molar-refractivity contribution in [1.82, 2.24) is 9.99 Å². The number of aliphatic imine (C=N–C) groups is 2. The van der Waals surface area contributed by atoms with Crippen LogP contribution >= 0.6 is 19.5 Å². The monoisotopic (exact) mass is 591 g/mol. The van der Waals surface area contributed by atoms with E-state index in [-0.39, 0.29) is 35.7 Å². The molecule has 0 aliphatic carbocycles. The number of guanidine groups is 1. The third-order valence-corrected chi connectivity index (χ3v) is 9.66. The minimum Gasteiger partial charge on any atom is -0.464 e. The number of amides is 1. The smallest absolute Gasteiger partial charge is 0.459 e. The molecule has 1 saturated heterocycles. The van der Waals surface area contributed by atoms with Crippen LogP contribution in [0.15, 0.2) is 52.4 Å². The van der Waals surface area contributed by atoms with Gasteiger partial charge in [0.05, 0.1) is 24.9 Å². The van der Waals surface area contributed by atoms with E-state index in [1.54, 1.807) is 17.8 Å². The summed E-state index contributed by atoms with van der Waals surface area (Å²) in [7, 11) is -2.11. The van der Waals surface area contributed by atoms with Gasteiger partial charge in [0, 0.05) is 17.7 Å². The molecule has 1 aliphatic heterocycles. The van der Waals surface area contributed by atoms with Gasteiger partial charge in [-0.15, -0.1) is 11.8 Å².